The summed E-state index contributed by atoms with van der Waals surface area (Å²) in [6.07, 6.45) is 4.84. The molecule has 1 aromatic carbocycles. The lowest BCUT2D eigenvalue weighted by atomic mass is 10.3. The summed E-state index contributed by atoms with van der Waals surface area (Å²) in [7, 11) is 0. The Hall–Kier alpha value is -2.28. The number of nitrogens with one attached hydrogen (secondary N) is 1. The van der Waals surface area contributed by atoms with E-state index in [9.17, 15) is 5.21 Å². The Morgan fingerprint density at radius 1 is 1.41 bits per heavy atom. The van der Waals surface area contributed by atoms with Crippen LogP contribution in [0.5, 0.6) is 0 Å². The molecule has 0 spiro atoms. The fourth-order valence-corrected chi connectivity index (χ4v) is 1.70. The van der Waals surface area contributed by atoms with Crippen LogP contribution < -0.4 is 26.1 Å². The van der Waals surface area contributed by atoms with E-state index in [-0.39, 0.29) is 0 Å². The molecular formula is C9H7ClN6O. The lowest BCUT2D eigenvalue weighted by Gasteiger charge is -2.20. The van der Waals surface area contributed by atoms with Crippen LogP contribution in [-0.2, 0) is 0 Å². The molecular weight excluding hydrogens is 244 g/mol. The van der Waals surface area contributed by atoms with Gasteiger partial charge in [0.15, 0.2) is 0 Å². The number of hydrazine groups is 2. The second-order valence-electron chi connectivity index (χ2n) is 3.39. The van der Waals surface area contributed by atoms with E-state index in [0.717, 1.165) is 5.22 Å². The molecule has 86 valence electrons. The smallest absolute Gasteiger partial charge is 0.254 e. The summed E-state index contributed by atoms with van der Waals surface area (Å²) in [4.78, 5) is 2.01. The Morgan fingerprint density at radius 2 is 2.29 bits per heavy atom. The third-order valence-corrected chi connectivity index (χ3v) is 2.53. The monoisotopic (exact) mass is 250 g/mol. The summed E-state index contributed by atoms with van der Waals surface area (Å²) in [6.45, 7) is 0. The van der Waals surface area contributed by atoms with E-state index in [1.165, 1.54) is 16.1 Å². The zero-order chi connectivity index (χ0) is 11.8. The molecule has 3 rings (SSSR count). The van der Waals surface area contributed by atoms with E-state index in [2.05, 4.69) is 15.8 Å². The maximum Gasteiger partial charge on any atom is 0.254 e. The minimum absolute atomic E-state index is 0.453. The van der Waals surface area contributed by atoms with Crippen LogP contribution in [0.15, 0.2) is 30.6 Å². The van der Waals surface area contributed by atoms with Crippen LogP contribution in [-0.4, -0.2) is 15.1 Å². The second kappa shape index (κ2) is 3.63. The molecule has 0 bridgehead atoms. The molecule has 0 amide bonds. The van der Waals surface area contributed by atoms with E-state index in [0.29, 0.717) is 15.2 Å². The average molecular weight is 251 g/mol. The SMILES string of the molecule is [O-][N+]1=c2cc(Cl)ccc2=CN(n2ccnn2)N1. The quantitative estimate of drug-likeness (QED) is 0.505. The van der Waals surface area contributed by atoms with E-state index in [4.69, 9.17) is 11.6 Å². The third kappa shape index (κ3) is 1.66. The maximum absolute atomic E-state index is 11.8. The van der Waals surface area contributed by atoms with Gasteiger partial charge in [0, 0.05) is 11.1 Å². The van der Waals surface area contributed by atoms with Crippen molar-refractivity contribution in [3.8, 4) is 0 Å². The summed E-state index contributed by atoms with van der Waals surface area (Å²) in [5.74, 6) is 0. The number of halogens is 1. The minimum Gasteiger partial charge on any atom is -0.594 e. The Kier molecular flexibility index (Phi) is 2.12. The topological polar surface area (TPSA) is 72.0 Å². The van der Waals surface area contributed by atoms with Crippen molar-refractivity contribution in [1.29, 1.82) is 0 Å². The molecule has 0 aliphatic carbocycles. The van der Waals surface area contributed by atoms with E-state index in [1.807, 2.05) is 0 Å². The van der Waals surface area contributed by atoms with Gasteiger partial charge in [-0.3, -0.25) is 0 Å². The molecule has 0 atom stereocenters. The molecule has 0 unspecified atom stereocenters. The van der Waals surface area contributed by atoms with Crippen molar-refractivity contribution in [2.24, 2.45) is 0 Å². The Labute approximate surface area is 100 Å². The number of aromatic nitrogens is 3. The van der Waals surface area contributed by atoms with Gasteiger partial charge in [-0.1, -0.05) is 22.0 Å². The standard InChI is InChI=1S/C9H7ClN6O/c10-8-2-1-7-6-15(14-4-3-11-12-14)13-16(17)9(7)5-8/h1-6,13H. The van der Waals surface area contributed by atoms with Crippen molar-refractivity contribution < 1.29 is 0 Å². The third-order valence-electron chi connectivity index (χ3n) is 2.30. The van der Waals surface area contributed by atoms with Gasteiger partial charge in [-0.15, -0.1) is 15.0 Å². The first-order valence-electron chi connectivity index (χ1n) is 4.78. The number of hydrogen-bond donors (Lipinski definition) is 1. The molecule has 0 saturated heterocycles. The molecule has 17 heavy (non-hydrogen) atoms. The first kappa shape index (κ1) is 9.91. The first-order valence-corrected chi connectivity index (χ1v) is 5.15. The molecule has 1 aliphatic heterocycles. The lowest BCUT2D eigenvalue weighted by Crippen LogP contribution is -2.59. The Morgan fingerprint density at radius 3 is 3.06 bits per heavy atom. The van der Waals surface area contributed by atoms with Gasteiger partial charge in [-0.25, -0.2) is 0 Å². The molecule has 2 heterocycles. The lowest BCUT2D eigenvalue weighted by molar-refractivity contribution is 0.425. The molecule has 1 N–H and O–H groups in total. The number of hydrogen-bond acceptors (Lipinski definition) is 5. The Balaban J connectivity index is 2.17. The fourth-order valence-electron chi connectivity index (χ4n) is 1.53. The van der Waals surface area contributed by atoms with Gasteiger partial charge in [0.05, 0.1) is 23.8 Å². The van der Waals surface area contributed by atoms with Crippen molar-refractivity contribution >= 4 is 17.8 Å². The Bertz CT molecular complexity index is 667. The summed E-state index contributed by atoms with van der Waals surface area (Å²) >= 11 is 5.83. The highest BCUT2D eigenvalue weighted by molar-refractivity contribution is 6.30. The van der Waals surface area contributed by atoms with Crippen molar-refractivity contribution in [3.63, 3.8) is 0 Å². The predicted octanol–water partition coefficient (Wildman–Crippen LogP) is -1.27. The van der Waals surface area contributed by atoms with Gasteiger partial charge in [0.1, 0.15) is 0 Å². The van der Waals surface area contributed by atoms with Gasteiger partial charge in [-0.2, -0.15) is 0 Å². The zero-order valence-electron chi connectivity index (χ0n) is 8.49. The van der Waals surface area contributed by atoms with Gasteiger partial charge in [0.2, 0.25) is 0 Å². The highest BCUT2D eigenvalue weighted by Gasteiger charge is 2.13. The normalized spacial score (nSPS) is 13.9. The summed E-state index contributed by atoms with van der Waals surface area (Å²) in [5, 5.41) is 22.3. The van der Waals surface area contributed by atoms with Crippen LogP contribution in [0.1, 0.15) is 0 Å². The van der Waals surface area contributed by atoms with Crippen LogP contribution in [0.4, 0.5) is 0 Å². The molecule has 2 aromatic rings. The fraction of sp³-hybridized carbons (Fsp3) is 0. The number of nitrogens with zero attached hydrogens (tertiary/aromatic N) is 5. The van der Waals surface area contributed by atoms with Crippen molar-refractivity contribution in [1.82, 2.24) is 25.5 Å². The summed E-state index contributed by atoms with van der Waals surface area (Å²) in [5.41, 5.74) is 2.56. The van der Waals surface area contributed by atoms with Crippen LogP contribution >= 0.6 is 11.6 Å². The highest BCUT2D eigenvalue weighted by Crippen LogP contribution is 2.00. The molecule has 0 radical (unpaired) electrons. The molecule has 0 saturated carbocycles. The molecule has 1 aliphatic rings. The largest absolute Gasteiger partial charge is 0.594 e. The molecule has 8 heteroatoms. The number of fused-ring (bicyclic) bond motifs is 1. The van der Waals surface area contributed by atoms with Gasteiger partial charge in [-0.05, 0) is 17.3 Å². The minimum atomic E-state index is 0.453. The number of benzene rings is 1. The van der Waals surface area contributed by atoms with Crippen LogP contribution in [0.3, 0.4) is 0 Å². The summed E-state index contributed by atoms with van der Waals surface area (Å²) < 4.78 is 0. The van der Waals surface area contributed by atoms with Gasteiger partial charge in [0.25, 0.3) is 5.36 Å². The van der Waals surface area contributed by atoms with Crippen molar-refractivity contribution in [2.75, 3.05) is 5.12 Å². The maximum atomic E-state index is 11.8. The zero-order valence-corrected chi connectivity index (χ0v) is 9.24. The van der Waals surface area contributed by atoms with E-state index < -0.39 is 0 Å². The second-order valence-corrected chi connectivity index (χ2v) is 3.83. The first-order chi connectivity index (χ1) is 8.24. The molecule has 0 fully saturated rings. The average Bonchev–Trinajstić information content (AvgIpc) is 2.83. The van der Waals surface area contributed by atoms with Gasteiger partial charge < -0.3 is 5.21 Å². The summed E-state index contributed by atoms with van der Waals surface area (Å²) in [6, 6.07) is 5.06. The van der Waals surface area contributed by atoms with Crippen molar-refractivity contribution in [3.05, 3.63) is 51.4 Å². The van der Waals surface area contributed by atoms with E-state index in [1.54, 1.807) is 30.6 Å². The van der Waals surface area contributed by atoms with E-state index >= 15 is 0 Å². The van der Waals surface area contributed by atoms with Crippen molar-refractivity contribution in [2.45, 2.75) is 0 Å². The van der Waals surface area contributed by atoms with Crippen LogP contribution in [0.25, 0.3) is 6.20 Å². The molecule has 7 nitrogen and oxygen atoms in total. The van der Waals surface area contributed by atoms with Crippen LogP contribution in [0.2, 0.25) is 5.02 Å². The highest BCUT2D eigenvalue weighted by atomic mass is 35.5. The predicted molar refractivity (Wildman–Crippen MR) is 61.1 cm³/mol. The number of rotatable bonds is 1. The van der Waals surface area contributed by atoms with Gasteiger partial charge >= 0.3 is 0 Å². The van der Waals surface area contributed by atoms with Crippen LogP contribution in [0, 0.1) is 5.21 Å². The molecule has 1 aromatic heterocycles.